The van der Waals surface area contributed by atoms with Gasteiger partial charge in [0.1, 0.15) is 6.61 Å². The van der Waals surface area contributed by atoms with Gasteiger partial charge in [0.25, 0.3) is 5.91 Å². The second-order valence-electron chi connectivity index (χ2n) is 5.62. The fourth-order valence-electron chi connectivity index (χ4n) is 2.90. The van der Waals surface area contributed by atoms with E-state index in [1.165, 1.54) is 0 Å². The minimum absolute atomic E-state index is 0.0349. The van der Waals surface area contributed by atoms with Crippen LogP contribution in [0.4, 0.5) is 5.69 Å². The van der Waals surface area contributed by atoms with Crippen molar-refractivity contribution in [1.29, 1.82) is 0 Å². The molecule has 1 heterocycles. The minimum Gasteiger partial charge on any atom is -0.489 e. The molecule has 2 aliphatic rings. The molecule has 0 spiro atoms. The summed E-state index contributed by atoms with van der Waals surface area (Å²) in [5.41, 5.74) is 0.652. The van der Waals surface area contributed by atoms with Crippen molar-refractivity contribution in [3.05, 3.63) is 23.8 Å². The van der Waals surface area contributed by atoms with Gasteiger partial charge in [0.05, 0.1) is 23.2 Å². The Bertz CT molecular complexity index is 581. The third kappa shape index (κ3) is 2.66. The van der Waals surface area contributed by atoms with Gasteiger partial charge < -0.3 is 20.5 Å². The number of rotatable bonds is 4. The van der Waals surface area contributed by atoms with E-state index in [1.54, 1.807) is 12.1 Å². The first-order valence-corrected chi connectivity index (χ1v) is 7.14. The van der Waals surface area contributed by atoms with Crippen LogP contribution in [0.1, 0.15) is 36.0 Å². The molecular weight excluding hydrogens is 272 g/mol. The minimum atomic E-state index is -0.886. The molecule has 112 valence electrons. The van der Waals surface area contributed by atoms with E-state index in [9.17, 15) is 9.59 Å². The molecule has 1 aromatic rings. The molecule has 1 saturated carbocycles. The van der Waals surface area contributed by atoms with Crippen LogP contribution in [0.15, 0.2) is 18.2 Å². The summed E-state index contributed by atoms with van der Waals surface area (Å²) in [6, 6.07) is 5.36. The summed E-state index contributed by atoms with van der Waals surface area (Å²) in [6.07, 6.45) is 2.32. The summed E-state index contributed by atoms with van der Waals surface area (Å²) in [4.78, 5) is 23.5. The zero-order valence-corrected chi connectivity index (χ0v) is 11.6. The number of benzene rings is 1. The largest absolute Gasteiger partial charge is 0.489 e. The first kappa shape index (κ1) is 13.7. The lowest BCUT2D eigenvalue weighted by Crippen LogP contribution is -2.54. The van der Waals surface area contributed by atoms with Gasteiger partial charge in [0, 0.05) is 6.54 Å². The van der Waals surface area contributed by atoms with Crippen LogP contribution in [0, 0.1) is 0 Å². The Morgan fingerprint density at radius 3 is 2.86 bits per heavy atom. The Hall–Kier alpha value is -2.24. The first-order valence-electron chi connectivity index (χ1n) is 7.14. The Morgan fingerprint density at radius 2 is 2.19 bits per heavy atom. The summed E-state index contributed by atoms with van der Waals surface area (Å²) in [5.74, 6) is -0.606. The van der Waals surface area contributed by atoms with Gasteiger partial charge in [-0.05, 0) is 31.4 Å². The summed E-state index contributed by atoms with van der Waals surface area (Å²) < 4.78 is 5.58. The molecule has 0 aromatic heterocycles. The number of aliphatic carboxylic acids is 1. The molecule has 21 heavy (non-hydrogen) atoms. The fraction of sp³-hybridized carbons (Fsp3) is 0.467. The van der Waals surface area contributed by atoms with E-state index < -0.39 is 11.5 Å². The molecule has 0 saturated heterocycles. The van der Waals surface area contributed by atoms with Crippen molar-refractivity contribution < 1.29 is 19.4 Å². The summed E-state index contributed by atoms with van der Waals surface area (Å²) in [5, 5.41) is 15.1. The van der Waals surface area contributed by atoms with Crippen LogP contribution in [0.5, 0.6) is 5.75 Å². The third-order valence-electron chi connectivity index (χ3n) is 4.10. The lowest BCUT2D eigenvalue weighted by atomic mass is 9.74. The summed E-state index contributed by atoms with van der Waals surface area (Å²) in [7, 11) is 0. The topological polar surface area (TPSA) is 87.7 Å². The highest BCUT2D eigenvalue weighted by atomic mass is 16.5. The maximum absolute atomic E-state index is 12.5. The highest BCUT2D eigenvalue weighted by molar-refractivity contribution is 5.99. The van der Waals surface area contributed by atoms with Crippen LogP contribution in [0.3, 0.4) is 0 Å². The molecule has 1 aromatic carbocycles. The monoisotopic (exact) mass is 290 g/mol. The Balaban J connectivity index is 1.81. The van der Waals surface area contributed by atoms with E-state index in [-0.39, 0.29) is 12.3 Å². The lowest BCUT2D eigenvalue weighted by molar-refractivity contribution is -0.139. The predicted octanol–water partition coefficient (Wildman–Crippen LogP) is 1.62. The average molecular weight is 290 g/mol. The number of carboxylic acid groups (broad SMARTS) is 1. The van der Waals surface area contributed by atoms with Gasteiger partial charge in [-0.1, -0.05) is 6.07 Å². The van der Waals surface area contributed by atoms with E-state index >= 15 is 0 Å². The Kier molecular flexibility index (Phi) is 3.45. The molecule has 6 nitrogen and oxygen atoms in total. The zero-order valence-electron chi connectivity index (χ0n) is 11.6. The maximum atomic E-state index is 12.5. The number of carbonyl (C=O) groups excluding carboxylic acids is 1. The smallest absolute Gasteiger partial charge is 0.305 e. The van der Waals surface area contributed by atoms with Crippen molar-refractivity contribution >= 4 is 17.6 Å². The van der Waals surface area contributed by atoms with Gasteiger partial charge in [-0.2, -0.15) is 0 Å². The van der Waals surface area contributed by atoms with E-state index in [4.69, 9.17) is 9.84 Å². The number of hydrogen-bond acceptors (Lipinski definition) is 4. The zero-order chi connectivity index (χ0) is 14.9. The first-order chi connectivity index (χ1) is 10.1. The summed E-state index contributed by atoms with van der Waals surface area (Å²) >= 11 is 0. The number of amides is 1. The predicted molar refractivity (Wildman–Crippen MR) is 76.7 cm³/mol. The van der Waals surface area contributed by atoms with Crippen molar-refractivity contribution in [2.24, 2.45) is 0 Å². The molecule has 0 atom stereocenters. The van der Waals surface area contributed by atoms with E-state index in [2.05, 4.69) is 10.6 Å². The second-order valence-corrected chi connectivity index (χ2v) is 5.62. The lowest BCUT2D eigenvalue weighted by Gasteiger charge is -2.41. The third-order valence-corrected chi connectivity index (χ3v) is 4.10. The number of ether oxygens (including phenoxy) is 1. The van der Waals surface area contributed by atoms with Crippen molar-refractivity contribution in [2.45, 2.75) is 31.2 Å². The van der Waals surface area contributed by atoms with E-state index in [0.29, 0.717) is 37.3 Å². The number of nitrogens with one attached hydrogen (secondary N) is 2. The molecule has 1 amide bonds. The number of anilines is 1. The highest BCUT2D eigenvalue weighted by Crippen LogP contribution is 2.37. The Labute approximate surface area is 122 Å². The van der Waals surface area contributed by atoms with Crippen LogP contribution in [-0.4, -0.2) is 35.7 Å². The number of hydrogen-bond donors (Lipinski definition) is 3. The molecule has 3 rings (SSSR count). The van der Waals surface area contributed by atoms with Crippen molar-refractivity contribution in [1.82, 2.24) is 5.32 Å². The molecular formula is C15H18N2O4. The van der Waals surface area contributed by atoms with Crippen LogP contribution >= 0.6 is 0 Å². The van der Waals surface area contributed by atoms with Gasteiger partial charge in [-0.15, -0.1) is 0 Å². The number of carbonyl (C=O) groups is 2. The van der Waals surface area contributed by atoms with Crippen LogP contribution in [-0.2, 0) is 4.79 Å². The maximum Gasteiger partial charge on any atom is 0.305 e. The standard InChI is InChI=1S/C15H18N2O4/c18-12(19)9-15(5-2-6-15)17-14(20)10-3-1-4-11-13(10)21-8-7-16-11/h1,3-4,16H,2,5-9H2,(H,17,20)(H,18,19). The molecule has 0 bridgehead atoms. The molecule has 0 radical (unpaired) electrons. The number of carboxylic acids is 1. The molecule has 0 unspecified atom stereocenters. The quantitative estimate of drug-likeness (QED) is 0.784. The normalized spacial score (nSPS) is 18.5. The molecule has 3 N–H and O–H groups in total. The summed E-state index contributed by atoms with van der Waals surface area (Å²) in [6.45, 7) is 1.22. The SMILES string of the molecule is O=C(O)CC1(NC(=O)c2cccc3c2OCCN3)CCC1. The van der Waals surface area contributed by atoms with E-state index in [0.717, 1.165) is 12.1 Å². The van der Waals surface area contributed by atoms with Gasteiger partial charge in [-0.3, -0.25) is 9.59 Å². The highest BCUT2D eigenvalue weighted by Gasteiger charge is 2.41. The van der Waals surface area contributed by atoms with Crippen LogP contribution in [0.2, 0.25) is 0 Å². The number of para-hydroxylation sites is 1. The fourth-order valence-corrected chi connectivity index (χ4v) is 2.90. The average Bonchev–Trinajstić information content (AvgIpc) is 2.43. The van der Waals surface area contributed by atoms with Gasteiger partial charge >= 0.3 is 5.97 Å². The Morgan fingerprint density at radius 1 is 1.38 bits per heavy atom. The van der Waals surface area contributed by atoms with Gasteiger partial charge in [-0.25, -0.2) is 0 Å². The van der Waals surface area contributed by atoms with Gasteiger partial charge in [0.15, 0.2) is 5.75 Å². The van der Waals surface area contributed by atoms with E-state index in [1.807, 2.05) is 6.07 Å². The number of fused-ring (bicyclic) bond motifs is 1. The molecule has 6 heteroatoms. The van der Waals surface area contributed by atoms with Crippen molar-refractivity contribution in [3.8, 4) is 5.75 Å². The molecule has 1 aliphatic carbocycles. The van der Waals surface area contributed by atoms with Crippen molar-refractivity contribution in [3.63, 3.8) is 0 Å². The molecule has 1 aliphatic heterocycles. The van der Waals surface area contributed by atoms with Crippen LogP contribution < -0.4 is 15.4 Å². The van der Waals surface area contributed by atoms with Crippen LogP contribution in [0.25, 0.3) is 0 Å². The van der Waals surface area contributed by atoms with Gasteiger partial charge in [0.2, 0.25) is 0 Å². The molecule has 1 fully saturated rings. The second kappa shape index (κ2) is 5.27. The van der Waals surface area contributed by atoms with Crippen molar-refractivity contribution in [2.75, 3.05) is 18.5 Å².